The van der Waals surface area contributed by atoms with Crippen LogP contribution >= 0.6 is 11.3 Å². The molecule has 0 spiro atoms. The van der Waals surface area contributed by atoms with Gasteiger partial charge >= 0.3 is 0 Å². The van der Waals surface area contributed by atoms with Gasteiger partial charge in [-0.15, -0.1) is 0 Å². The van der Waals surface area contributed by atoms with Gasteiger partial charge in [-0.25, -0.2) is 0 Å². The maximum atomic E-state index is 10.3. The van der Waals surface area contributed by atoms with Crippen LogP contribution in [0, 0.1) is 11.8 Å². The van der Waals surface area contributed by atoms with Gasteiger partial charge in [0.05, 0.1) is 0 Å². The van der Waals surface area contributed by atoms with Crippen molar-refractivity contribution in [3.63, 3.8) is 0 Å². The van der Waals surface area contributed by atoms with E-state index in [2.05, 4.69) is 17.2 Å². The molecule has 2 rings (SSSR count). The van der Waals surface area contributed by atoms with E-state index in [-0.39, 0.29) is 0 Å². The van der Waals surface area contributed by atoms with Crippen LogP contribution in [-0.4, -0.2) is 6.41 Å². The molecule has 0 aliphatic rings. The first-order chi connectivity index (χ1) is 7.88. The second-order valence-electron chi connectivity index (χ2n) is 3.11. The largest absolute Gasteiger partial charge is 0.329 e. The highest BCUT2D eigenvalue weighted by Crippen LogP contribution is 2.09. The molecule has 0 bridgehead atoms. The highest BCUT2D eigenvalue weighted by molar-refractivity contribution is 7.08. The molecule has 0 unspecified atom stereocenters. The summed E-state index contributed by atoms with van der Waals surface area (Å²) < 4.78 is 0. The molecule has 0 saturated heterocycles. The predicted octanol–water partition coefficient (Wildman–Crippen LogP) is 2.72. The molecule has 1 heterocycles. The second kappa shape index (κ2) is 5.15. The van der Waals surface area contributed by atoms with Crippen LogP contribution in [0.25, 0.3) is 0 Å². The molecule has 0 fully saturated rings. The van der Waals surface area contributed by atoms with E-state index in [1.54, 1.807) is 11.3 Å². The third-order valence-electron chi connectivity index (χ3n) is 1.96. The second-order valence-corrected chi connectivity index (χ2v) is 3.89. The Morgan fingerprint density at radius 2 is 2.06 bits per heavy atom. The average Bonchev–Trinajstić information content (AvgIpc) is 2.80. The van der Waals surface area contributed by atoms with Gasteiger partial charge in [0.1, 0.15) is 0 Å². The van der Waals surface area contributed by atoms with Crippen molar-refractivity contribution in [2.45, 2.75) is 0 Å². The first kappa shape index (κ1) is 10.5. The van der Waals surface area contributed by atoms with E-state index in [9.17, 15) is 4.79 Å². The molecular weight excluding hydrogens is 218 g/mol. The maximum absolute atomic E-state index is 10.3. The van der Waals surface area contributed by atoms with Crippen molar-refractivity contribution in [2.24, 2.45) is 0 Å². The molecule has 2 aromatic rings. The SMILES string of the molecule is O=CNc1cccc(C#Cc2ccsc2)c1. The van der Waals surface area contributed by atoms with Crippen molar-refractivity contribution in [3.05, 3.63) is 52.2 Å². The van der Waals surface area contributed by atoms with Gasteiger partial charge in [0.25, 0.3) is 0 Å². The standard InChI is InChI=1S/C13H9NOS/c15-10-14-13-3-1-2-11(8-13)4-5-12-6-7-16-9-12/h1-3,6-10H,(H,14,15). The van der Waals surface area contributed by atoms with Crippen molar-refractivity contribution in [3.8, 4) is 11.8 Å². The smallest absolute Gasteiger partial charge is 0.211 e. The Morgan fingerprint density at radius 1 is 1.19 bits per heavy atom. The monoisotopic (exact) mass is 227 g/mol. The van der Waals surface area contributed by atoms with E-state index < -0.39 is 0 Å². The summed E-state index contributed by atoms with van der Waals surface area (Å²) in [7, 11) is 0. The number of rotatable bonds is 2. The molecular formula is C13H9NOS. The van der Waals surface area contributed by atoms with E-state index >= 15 is 0 Å². The third-order valence-corrected chi connectivity index (χ3v) is 2.64. The Labute approximate surface area is 97.9 Å². The molecule has 0 aliphatic heterocycles. The van der Waals surface area contributed by atoms with Crippen molar-refractivity contribution >= 4 is 23.4 Å². The fourth-order valence-electron chi connectivity index (χ4n) is 1.23. The topological polar surface area (TPSA) is 29.1 Å². The summed E-state index contributed by atoms with van der Waals surface area (Å²) in [6.07, 6.45) is 0.658. The summed E-state index contributed by atoms with van der Waals surface area (Å²) in [6, 6.07) is 9.42. The molecule has 1 N–H and O–H groups in total. The van der Waals surface area contributed by atoms with Crippen LogP contribution in [0.15, 0.2) is 41.1 Å². The molecule has 3 heteroatoms. The quantitative estimate of drug-likeness (QED) is 0.620. The molecule has 1 amide bonds. The summed E-state index contributed by atoms with van der Waals surface area (Å²) in [5, 5.41) is 6.59. The van der Waals surface area contributed by atoms with Gasteiger partial charge in [-0.3, -0.25) is 4.79 Å². The molecule has 0 aliphatic carbocycles. The van der Waals surface area contributed by atoms with Gasteiger partial charge in [-0.2, -0.15) is 11.3 Å². The summed E-state index contributed by atoms with van der Waals surface area (Å²) >= 11 is 1.62. The number of carbonyl (C=O) groups excluding carboxylic acids is 1. The molecule has 0 radical (unpaired) electrons. The predicted molar refractivity (Wildman–Crippen MR) is 66.4 cm³/mol. The highest BCUT2D eigenvalue weighted by Gasteiger charge is 1.91. The fourth-order valence-corrected chi connectivity index (χ4v) is 1.82. The zero-order chi connectivity index (χ0) is 11.2. The maximum Gasteiger partial charge on any atom is 0.211 e. The minimum absolute atomic E-state index is 0.658. The van der Waals surface area contributed by atoms with Crippen LogP contribution in [0.4, 0.5) is 5.69 Å². The van der Waals surface area contributed by atoms with E-state index in [0.717, 1.165) is 16.8 Å². The number of anilines is 1. The average molecular weight is 227 g/mol. The zero-order valence-electron chi connectivity index (χ0n) is 8.44. The molecule has 0 saturated carbocycles. The zero-order valence-corrected chi connectivity index (χ0v) is 9.25. The first-order valence-corrected chi connectivity index (χ1v) is 5.67. The Balaban J connectivity index is 2.21. The molecule has 16 heavy (non-hydrogen) atoms. The molecule has 1 aromatic carbocycles. The number of benzene rings is 1. The van der Waals surface area contributed by atoms with E-state index in [4.69, 9.17) is 0 Å². The van der Waals surface area contributed by atoms with Gasteiger partial charge in [-0.05, 0) is 29.6 Å². The van der Waals surface area contributed by atoms with Crippen LogP contribution in [-0.2, 0) is 4.79 Å². The van der Waals surface area contributed by atoms with Gasteiger partial charge in [-0.1, -0.05) is 17.9 Å². The van der Waals surface area contributed by atoms with Gasteiger partial charge < -0.3 is 5.32 Å². The number of thiophene rings is 1. The molecule has 78 valence electrons. The van der Waals surface area contributed by atoms with Crippen molar-refractivity contribution in [1.29, 1.82) is 0 Å². The normalized spacial score (nSPS) is 9.00. The Bertz CT molecular complexity index is 535. The van der Waals surface area contributed by atoms with E-state index in [1.807, 2.05) is 41.1 Å². The lowest BCUT2D eigenvalue weighted by atomic mass is 10.2. The lowest BCUT2D eigenvalue weighted by Gasteiger charge is -1.97. The summed E-state index contributed by atoms with van der Waals surface area (Å²) in [5.41, 5.74) is 2.66. The van der Waals surface area contributed by atoms with E-state index in [1.165, 1.54) is 0 Å². The number of hydrogen-bond acceptors (Lipinski definition) is 2. The highest BCUT2D eigenvalue weighted by atomic mass is 32.1. The van der Waals surface area contributed by atoms with Crippen LogP contribution in [0.3, 0.4) is 0 Å². The van der Waals surface area contributed by atoms with Gasteiger partial charge in [0.2, 0.25) is 6.41 Å². The van der Waals surface area contributed by atoms with Crippen molar-refractivity contribution in [1.82, 2.24) is 0 Å². The summed E-state index contributed by atoms with van der Waals surface area (Å²) in [5.74, 6) is 6.10. The molecule has 1 aromatic heterocycles. The summed E-state index contributed by atoms with van der Waals surface area (Å²) in [4.78, 5) is 10.3. The number of nitrogens with one attached hydrogen (secondary N) is 1. The minimum Gasteiger partial charge on any atom is -0.329 e. The van der Waals surface area contributed by atoms with E-state index in [0.29, 0.717) is 6.41 Å². The van der Waals surface area contributed by atoms with Crippen molar-refractivity contribution in [2.75, 3.05) is 5.32 Å². The lowest BCUT2D eigenvalue weighted by molar-refractivity contribution is -0.105. The van der Waals surface area contributed by atoms with Crippen LogP contribution in [0.2, 0.25) is 0 Å². The number of hydrogen-bond donors (Lipinski definition) is 1. The molecule has 0 atom stereocenters. The number of carbonyl (C=O) groups is 1. The van der Waals surface area contributed by atoms with Crippen LogP contribution < -0.4 is 5.32 Å². The Kier molecular flexibility index (Phi) is 3.37. The molecule has 2 nitrogen and oxygen atoms in total. The Hall–Kier alpha value is -2.05. The lowest BCUT2D eigenvalue weighted by Crippen LogP contribution is -1.93. The van der Waals surface area contributed by atoms with Gasteiger partial charge in [0, 0.05) is 22.2 Å². The van der Waals surface area contributed by atoms with Crippen LogP contribution in [0.1, 0.15) is 11.1 Å². The van der Waals surface area contributed by atoms with Crippen LogP contribution in [0.5, 0.6) is 0 Å². The first-order valence-electron chi connectivity index (χ1n) is 4.73. The third kappa shape index (κ3) is 2.72. The summed E-state index contributed by atoms with van der Waals surface area (Å²) in [6.45, 7) is 0. The minimum atomic E-state index is 0.658. The fraction of sp³-hybridized carbons (Fsp3) is 0. The van der Waals surface area contributed by atoms with Gasteiger partial charge in [0.15, 0.2) is 0 Å². The Morgan fingerprint density at radius 3 is 2.81 bits per heavy atom. The van der Waals surface area contributed by atoms with Crippen molar-refractivity contribution < 1.29 is 4.79 Å². The number of amides is 1.